The first kappa shape index (κ1) is 14.2. The number of nitro groups is 1. The monoisotopic (exact) mass is 296 g/mol. The molecule has 1 aromatic carbocycles. The third-order valence-corrected chi connectivity index (χ3v) is 5.06. The summed E-state index contributed by atoms with van der Waals surface area (Å²) in [5.41, 5.74) is 0.605. The Labute approximate surface area is 115 Å². The smallest absolute Gasteiger partial charge is 0.271 e. The van der Waals surface area contributed by atoms with Crippen LogP contribution in [0, 0.1) is 17.0 Å². The summed E-state index contributed by atoms with van der Waals surface area (Å²) in [6.07, 6.45) is 0. The van der Waals surface area contributed by atoms with E-state index in [0.717, 1.165) is 13.0 Å². The molecule has 106 valence electrons. The molecule has 7 nitrogen and oxygen atoms in total. The molecule has 0 aliphatic carbocycles. The van der Waals surface area contributed by atoms with Crippen LogP contribution in [-0.2, 0) is 14.6 Å². The van der Waals surface area contributed by atoms with Crippen molar-refractivity contribution in [1.82, 2.24) is 0 Å². The van der Waals surface area contributed by atoms with Gasteiger partial charge in [-0.1, -0.05) is 0 Å². The lowest BCUT2D eigenvalue weighted by Gasteiger charge is -2.22. The van der Waals surface area contributed by atoms with Crippen molar-refractivity contribution in [2.75, 3.05) is 5.32 Å². The number of sulfone groups is 1. The van der Waals surface area contributed by atoms with Crippen LogP contribution in [0.4, 0.5) is 11.4 Å². The number of nitro benzene ring substituents is 1. The van der Waals surface area contributed by atoms with E-state index < -0.39 is 20.5 Å². The molecule has 0 bridgehead atoms. The van der Waals surface area contributed by atoms with Gasteiger partial charge in [-0.15, -0.1) is 0 Å². The highest BCUT2D eigenvalue weighted by atomic mass is 32.2. The van der Waals surface area contributed by atoms with Gasteiger partial charge >= 0.3 is 0 Å². The molecule has 1 heterocycles. The predicted octanol–water partition coefficient (Wildman–Crippen LogP) is 1.92. The van der Waals surface area contributed by atoms with Crippen molar-refractivity contribution < 1.29 is 18.1 Å². The summed E-state index contributed by atoms with van der Waals surface area (Å²) < 4.78 is 24.9. The number of carbonyl (C=O) groups is 1. The number of hydrogen-bond acceptors (Lipinski definition) is 6. The van der Waals surface area contributed by atoms with Gasteiger partial charge in [-0.05, 0) is 26.3 Å². The molecule has 0 saturated heterocycles. The van der Waals surface area contributed by atoms with Crippen LogP contribution in [0.15, 0.2) is 27.6 Å². The summed E-state index contributed by atoms with van der Waals surface area (Å²) in [7, 11) is -4.05. The Morgan fingerprint density at radius 1 is 1.30 bits per heavy atom. The van der Waals surface area contributed by atoms with Crippen molar-refractivity contribution in [3.05, 3.63) is 38.4 Å². The summed E-state index contributed by atoms with van der Waals surface area (Å²) in [6.45, 7) is 4.20. The third kappa shape index (κ3) is 1.97. The molecule has 1 N–H and O–H groups in total. The second-order valence-electron chi connectivity index (χ2n) is 4.53. The number of benzene rings is 1. The number of aryl methyl sites for hydroxylation is 1. The highest BCUT2D eigenvalue weighted by molar-refractivity contribution is 7.96. The number of allylic oxidation sites excluding steroid dienone is 2. The van der Waals surface area contributed by atoms with Crippen LogP contribution in [0.1, 0.15) is 19.4 Å². The van der Waals surface area contributed by atoms with Gasteiger partial charge < -0.3 is 5.32 Å². The predicted molar refractivity (Wildman–Crippen MR) is 72.0 cm³/mol. The first-order valence-corrected chi connectivity index (χ1v) is 7.17. The average molecular weight is 296 g/mol. The van der Waals surface area contributed by atoms with Crippen molar-refractivity contribution >= 4 is 27.0 Å². The molecule has 1 aliphatic heterocycles. The van der Waals surface area contributed by atoms with E-state index >= 15 is 0 Å². The summed E-state index contributed by atoms with van der Waals surface area (Å²) >= 11 is 0. The molecule has 0 amide bonds. The number of hydrogen-bond donors (Lipinski definition) is 1. The summed E-state index contributed by atoms with van der Waals surface area (Å²) in [5, 5.41) is 13.7. The van der Waals surface area contributed by atoms with Gasteiger partial charge in [-0.25, -0.2) is 8.42 Å². The Balaban J connectivity index is 2.83. The fourth-order valence-electron chi connectivity index (χ4n) is 2.22. The van der Waals surface area contributed by atoms with Gasteiger partial charge in [-0.2, -0.15) is 0 Å². The third-order valence-electron chi connectivity index (χ3n) is 3.03. The molecular weight excluding hydrogens is 284 g/mol. The number of Topliss-reactive ketones (excluding diaryl/α,β-unsaturated/α-hetero) is 1. The van der Waals surface area contributed by atoms with Gasteiger partial charge in [-0.3, -0.25) is 14.9 Å². The second kappa shape index (κ2) is 4.41. The molecule has 0 aromatic heterocycles. The number of rotatable bonds is 2. The summed E-state index contributed by atoms with van der Waals surface area (Å²) in [5.74, 6) is -0.607. The highest BCUT2D eigenvalue weighted by Crippen LogP contribution is 2.39. The van der Waals surface area contributed by atoms with E-state index in [1.54, 1.807) is 6.92 Å². The maximum Gasteiger partial charge on any atom is 0.271 e. The highest BCUT2D eigenvalue weighted by Gasteiger charge is 2.35. The minimum Gasteiger partial charge on any atom is -0.357 e. The zero-order chi connectivity index (χ0) is 15.2. The number of carbonyl (C=O) groups excluding carboxylic acids is 1. The standard InChI is InChI=1S/C12H12N2O5S/c1-6-4-9(14(16)17)5-10-11(6)13-7(2)12(8(3)15)20(10,18)19/h4-5,13H,1-3H3. The maximum atomic E-state index is 12.4. The van der Waals surface area contributed by atoms with Crippen LogP contribution < -0.4 is 5.32 Å². The Hall–Kier alpha value is -2.22. The van der Waals surface area contributed by atoms with Crippen molar-refractivity contribution in [3.8, 4) is 0 Å². The van der Waals surface area contributed by atoms with Gasteiger partial charge in [0.15, 0.2) is 5.78 Å². The van der Waals surface area contributed by atoms with Crippen molar-refractivity contribution in [1.29, 1.82) is 0 Å². The van der Waals surface area contributed by atoms with E-state index in [1.165, 1.54) is 13.0 Å². The van der Waals surface area contributed by atoms with Crippen molar-refractivity contribution in [3.63, 3.8) is 0 Å². The lowest BCUT2D eigenvalue weighted by atomic mass is 10.1. The van der Waals surface area contributed by atoms with Crippen molar-refractivity contribution in [2.45, 2.75) is 25.7 Å². The van der Waals surface area contributed by atoms with Crippen LogP contribution in [0.25, 0.3) is 0 Å². The molecule has 8 heteroatoms. The first-order valence-electron chi connectivity index (χ1n) is 5.69. The van der Waals surface area contributed by atoms with E-state index in [9.17, 15) is 23.3 Å². The summed E-state index contributed by atoms with van der Waals surface area (Å²) in [4.78, 5) is 21.1. The van der Waals surface area contributed by atoms with E-state index in [0.29, 0.717) is 5.56 Å². The van der Waals surface area contributed by atoms with Gasteiger partial charge in [0.25, 0.3) is 5.69 Å². The van der Waals surface area contributed by atoms with Gasteiger partial charge in [0.2, 0.25) is 9.84 Å². The van der Waals surface area contributed by atoms with Gasteiger partial charge in [0.05, 0.1) is 10.6 Å². The van der Waals surface area contributed by atoms with Crippen molar-refractivity contribution in [2.24, 2.45) is 0 Å². The molecule has 1 aliphatic rings. The molecule has 0 atom stereocenters. The fourth-order valence-corrected chi connectivity index (χ4v) is 4.03. The van der Waals surface area contributed by atoms with Crippen LogP contribution in [-0.4, -0.2) is 19.1 Å². The average Bonchev–Trinajstić information content (AvgIpc) is 2.28. The molecule has 0 saturated carbocycles. The molecule has 0 spiro atoms. The van der Waals surface area contributed by atoms with Crippen LogP contribution in [0.5, 0.6) is 0 Å². The molecule has 0 radical (unpaired) electrons. The normalized spacial score (nSPS) is 16.4. The number of nitrogens with zero attached hydrogens (tertiary/aromatic N) is 1. The molecule has 1 aromatic rings. The zero-order valence-electron chi connectivity index (χ0n) is 11.1. The lowest BCUT2D eigenvalue weighted by molar-refractivity contribution is -0.385. The summed E-state index contributed by atoms with van der Waals surface area (Å²) in [6, 6.07) is 2.26. The Kier molecular flexibility index (Phi) is 3.13. The Morgan fingerprint density at radius 3 is 2.40 bits per heavy atom. The van der Waals surface area contributed by atoms with E-state index in [1.807, 2.05) is 0 Å². The number of anilines is 1. The minimum atomic E-state index is -4.05. The molecular formula is C12H12N2O5S. The largest absolute Gasteiger partial charge is 0.357 e. The topological polar surface area (TPSA) is 106 Å². The number of fused-ring (bicyclic) bond motifs is 1. The minimum absolute atomic E-state index is 0.224. The lowest BCUT2D eigenvalue weighted by Crippen LogP contribution is -2.23. The molecule has 2 rings (SSSR count). The molecule has 0 unspecified atom stereocenters. The van der Waals surface area contributed by atoms with E-state index in [2.05, 4.69) is 5.32 Å². The van der Waals surface area contributed by atoms with Crippen LogP contribution in [0.3, 0.4) is 0 Å². The zero-order valence-corrected chi connectivity index (χ0v) is 11.9. The second-order valence-corrected chi connectivity index (χ2v) is 6.39. The first-order chi connectivity index (χ1) is 9.16. The van der Waals surface area contributed by atoms with Gasteiger partial charge in [0, 0.05) is 17.8 Å². The fraction of sp³-hybridized carbons (Fsp3) is 0.250. The number of non-ortho nitro benzene ring substituents is 1. The Morgan fingerprint density at radius 2 is 1.90 bits per heavy atom. The number of ketones is 1. The van der Waals surface area contributed by atoms with E-state index in [4.69, 9.17) is 0 Å². The molecule has 20 heavy (non-hydrogen) atoms. The SMILES string of the molecule is CC(=O)C1=C(C)Nc2c(C)cc([N+](=O)[O-])cc2S1(=O)=O. The quantitative estimate of drug-likeness (QED) is 0.660. The molecule has 0 fully saturated rings. The van der Waals surface area contributed by atoms with E-state index in [-0.39, 0.29) is 26.9 Å². The van der Waals surface area contributed by atoms with Crippen LogP contribution >= 0.6 is 0 Å². The number of nitrogens with one attached hydrogen (secondary N) is 1. The Bertz CT molecular complexity index is 777. The maximum absolute atomic E-state index is 12.4. The van der Waals surface area contributed by atoms with Crippen LogP contribution in [0.2, 0.25) is 0 Å². The van der Waals surface area contributed by atoms with Gasteiger partial charge in [0.1, 0.15) is 9.80 Å².